The Hall–Kier alpha value is -3.52. The van der Waals surface area contributed by atoms with Crippen LogP contribution in [0.1, 0.15) is 31.0 Å². The standard InChI is InChI=1S/C20H20FN7O2S/c1-31(29,30)28-14-5-2-4-13(16(14)21)17-18(27-19(26-17)12-6-7-12)15-8-11-24-20(25-15)23-10-3-9-22/h2,4-5,8,11-12,28H,3,6-7,10H2,1H3,(H,26,27)(H,23,24,25). The van der Waals surface area contributed by atoms with Crippen LogP contribution < -0.4 is 10.0 Å². The fourth-order valence-corrected chi connectivity index (χ4v) is 3.69. The summed E-state index contributed by atoms with van der Waals surface area (Å²) in [5.41, 5.74) is 1.37. The van der Waals surface area contributed by atoms with Crippen molar-refractivity contribution < 1.29 is 12.8 Å². The van der Waals surface area contributed by atoms with E-state index in [1.807, 2.05) is 6.07 Å². The summed E-state index contributed by atoms with van der Waals surface area (Å²) in [6.07, 6.45) is 4.83. The van der Waals surface area contributed by atoms with Gasteiger partial charge in [0.1, 0.15) is 11.5 Å². The first kappa shape index (κ1) is 20.7. The van der Waals surface area contributed by atoms with Gasteiger partial charge in [-0.3, -0.25) is 4.72 Å². The van der Waals surface area contributed by atoms with E-state index >= 15 is 4.39 Å². The van der Waals surface area contributed by atoms with Gasteiger partial charge in [0, 0.05) is 24.2 Å². The largest absolute Gasteiger partial charge is 0.353 e. The maximum atomic E-state index is 15.2. The summed E-state index contributed by atoms with van der Waals surface area (Å²) >= 11 is 0. The van der Waals surface area contributed by atoms with Crippen LogP contribution in [0.3, 0.4) is 0 Å². The molecule has 1 aliphatic rings. The molecule has 0 unspecified atom stereocenters. The fourth-order valence-electron chi connectivity index (χ4n) is 3.13. The Labute approximate surface area is 178 Å². The third kappa shape index (κ3) is 4.80. The van der Waals surface area contributed by atoms with Crippen molar-refractivity contribution in [3.05, 3.63) is 42.1 Å². The van der Waals surface area contributed by atoms with E-state index in [4.69, 9.17) is 5.26 Å². The lowest BCUT2D eigenvalue weighted by Crippen LogP contribution is -2.11. The number of anilines is 2. The molecule has 2 aromatic heterocycles. The van der Waals surface area contributed by atoms with E-state index in [0.717, 1.165) is 24.9 Å². The van der Waals surface area contributed by atoms with Crippen LogP contribution in [0.25, 0.3) is 22.6 Å². The molecule has 9 nitrogen and oxygen atoms in total. The molecule has 0 aliphatic heterocycles. The van der Waals surface area contributed by atoms with Crippen molar-refractivity contribution in [2.24, 2.45) is 0 Å². The maximum Gasteiger partial charge on any atom is 0.229 e. The zero-order chi connectivity index (χ0) is 22.0. The molecule has 160 valence electrons. The highest BCUT2D eigenvalue weighted by Crippen LogP contribution is 2.42. The minimum absolute atomic E-state index is 0.150. The average molecular weight is 441 g/mol. The lowest BCUT2D eigenvalue weighted by molar-refractivity contribution is 0.604. The van der Waals surface area contributed by atoms with Crippen molar-refractivity contribution in [3.8, 4) is 28.7 Å². The molecule has 1 fully saturated rings. The number of nitrogens with one attached hydrogen (secondary N) is 3. The first-order valence-corrected chi connectivity index (χ1v) is 11.6. The number of hydrogen-bond acceptors (Lipinski definition) is 7. The SMILES string of the molecule is CS(=O)(=O)Nc1cccc(-c2nc(C3CC3)[nH]c2-c2ccnc(NCCC#N)n2)c1F. The lowest BCUT2D eigenvalue weighted by atomic mass is 10.1. The number of imidazole rings is 1. The molecule has 0 saturated heterocycles. The molecule has 2 heterocycles. The molecule has 0 amide bonds. The van der Waals surface area contributed by atoms with Gasteiger partial charge in [-0.15, -0.1) is 0 Å². The van der Waals surface area contributed by atoms with Crippen LogP contribution in [0.5, 0.6) is 0 Å². The van der Waals surface area contributed by atoms with E-state index in [0.29, 0.717) is 36.0 Å². The van der Waals surface area contributed by atoms with Crippen molar-refractivity contribution in [1.29, 1.82) is 5.26 Å². The molecule has 1 aliphatic carbocycles. The topological polar surface area (TPSA) is 136 Å². The Balaban J connectivity index is 1.78. The number of benzene rings is 1. The summed E-state index contributed by atoms with van der Waals surface area (Å²) in [7, 11) is -3.65. The van der Waals surface area contributed by atoms with Crippen LogP contribution >= 0.6 is 0 Å². The summed E-state index contributed by atoms with van der Waals surface area (Å²) in [5, 5.41) is 11.7. The van der Waals surface area contributed by atoms with Gasteiger partial charge in [0.25, 0.3) is 0 Å². The molecule has 3 aromatic rings. The minimum Gasteiger partial charge on any atom is -0.353 e. The van der Waals surface area contributed by atoms with Gasteiger partial charge in [0.05, 0.1) is 35.8 Å². The molecule has 11 heteroatoms. The Bertz CT molecular complexity index is 1260. The zero-order valence-electron chi connectivity index (χ0n) is 16.7. The summed E-state index contributed by atoms with van der Waals surface area (Å²) in [6.45, 7) is 0.400. The highest BCUT2D eigenvalue weighted by molar-refractivity contribution is 7.92. The molecule has 4 rings (SSSR count). The smallest absolute Gasteiger partial charge is 0.229 e. The van der Waals surface area contributed by atoms with E-state index in [-0.39, 0.29) is 17.2 Å². The van der Waals surface area contributed by atoms with Gasteiger partial charge < -0.3 is 10.3 Å². The number of rotatable bonds is 8. The zero-order valence-corrected chi connectivity index (χ0v) is 17.5. The van der Waals surface area contributed by atoms with Gasteiger partial charge in [0.15, 0.2) is 5.82 Å². The molecular formula is C20H20FN7O2S. The van der Waals surface area contributed by atoms with Crippen LogP contribution in [0.2, 0.25) is 0 Å². The first-order valence-electron chi connectivity index (χ1n) is 9.66. The van der Waals surface area contributed by atoms with Gasteiger partial charge in [-0.25, -0.2) is 27.8 Å². The van der Waals surface area contributed by atoms with Crippen molar-refractivity contribution in [3.63, 3.8) is 0 Å². The molecule has 0 spiro atoms. The lowest BCUT2D eigenvalue weighted by Gasteiger charge is -2.10. The number of aromatic amines is 1. The number of nitriles is 1. The molecule has 0 atom stereocenters. The molecule has 1 saturated carbocycles. The number of sulfonamides is 1. The van der Waals surface area contributed by atoms with Gasteiger partial charge >= 0.3 is 0 Å². The quantitative estimate of drug-likeness (QED) is 0.456. The van der Waals surface area contributed by atoms with Crippen LogP contribution in [0.4, 0.5) is 16.0 Å². The molecular weight excluding hydrogens is 421 g/mol. The number of H-pyrrole nitrogens is 1. The van der Waals surface area contributed by atoms with Gasteiger partial charge in [-0.05, 0) is 31.0 Å². The monoisotopic (exact) mass is 441 g/mol. The van der Waals surface area contributed by atoms with Gasteiger partial charge in [-0.1, -0.05) is 6.07 Å². The third-order valence-electron chi connectivity index (χ3n) is 4.67. The molecule has 0 bridgehead atoms. The molecule has 31 heavy (non-hydrogen) atoms. The van der Waals surface area contributed by atoms with Gasteiger partial charge in [-0.2, -0.15) is 5.26 Å². The maximum absolute atomic E-state index is 15.2. The number of halogens is 1. The summed E-state index contributed by atoms with van der Waals surface area (Å²) < 4.78 is 40.6. The van der Waals surface area contributed by atoms with Gasteiger partial charge in [0.2, 0.25) is 16.0 Å². The summed E-state index contributed by atoms with van der Waals surface area (Å²) in [6, 6.07) is 8.19. The van der Waals surface area contributed by atoms with Crippen molar-refractivity contribution in [2.75, 3.05) is 22.8 Å². The highest BCUT2D eigenvalue weighted by Gasteiger charge is 2.30. The van der Waals surface area contributed by atoms with E-state index < -0.39 is 15.8 Å². The minimum atomic E-state index is -3.65. The highest BCUT2D eigenvalue weighted by atomic mass is 32.2. The predicted molar refractivity (Wildman–Crippen MR) is 114 cm³/mol. The van der Waals surface area contributed by atoms with E-state index in [1.165, 1.54) is 6.07 Å². The second kappa shape index (κ2) is 8.31. The number of nitrogens with zero attached hydrogens (tertiary/aromatic N) is 4. The summed E-state index contributed by atoms with van der Waals surface area (Å²) in [4.78, 5) is 16.5. The van der Waals surface area contributed by atoms with Crippen molar-refractivity contribution in [1.82, 2.24) is 19.9 Å². The van der Waals surface area contributed by atoms with Crippen LogP contribution in [0, 0.1) is 17.1 Å². The Morgan fingerprint density at radius 3 is 2.81 bits per heavy atom. The van der Waals surface area contributed by atoms with Crippen LogP contribution in [0.15, 0.2) is 30.5 Å². The first-order chi connectivity index (χ1) is 14.9. The normalized spacial score (nSPS) is 13.6. The second-order valence-electron chi connectivity index (χ2n) is 7.26. The summed E-state index contributed by atoms with van der Waals surface area (Å²) in [5.74, 6) is 0.644. The van der Waals surface area contributed by atoms with E-state index in [9.17, 15) is 8.42 Å². The Morgan fingerprint density at radius 1 is 1.29 bits per heavy atom. The van der Waals surface area contributed by atoms with Crippen molar-refractivity contribution >= 4 is 21.7 Å². The van der Waals surface area contributed by atoms with Crippen LogP contribution in [-0.2, 0) is 10.0 Å². The Morgan fingerprint density at radius 2 is 2.10 bits per heavy atom. The fraction of sp³-hybridized carbons (Fsp3) is 0.300. The number of aromatic nitrogens is 4. The number of hydrogen-bond donors (Lipinski definition) is 3. The Kier molecular flexibility index (Phi) is 5.56. The van der Waals surface area contributed by atoms with Crippen LogP contribution in [-0.4, -0.2) is 41.2 Å². The molecule has 0 radical (unpaired) electrons. The predicted octanol–water partition coefficient (Wildman–Crippen LogP) is 3.25. The molecule has 1 aromatic carbocycles. The van der Waals surface area contributed by atoms with E-state index in [1.54, 1.807) is 24.4 Å². The molecule has 3 N–H and O–H groups in total. The van der Waals surface area contributed by atoms with E-state index in [2.05, 4.69) is 30.0 Å². The second-order valence-corrected chi connectivity index (χ2v) is 9.01. The third-order valence-corrected chi connectivity index (χ3v) is 5.26. The average Bonchev–Trinajstić information content (AvgIpc) is 3.48. The van der Waals surface area contributed by atoms with Crippen molar-refractivity contribution in [2.45, 2.75) is 25.2 Å².